The first-order valence-electron chi connectivity index (χ1n) is 5.98. The second-order valence-corrected chi connectivity index (χ2v) is 6.30. The van der Waals surface area contributed by atoms with Crippen molar-refractivity contribution in [2.24, 2.45) is 5.92 Å². The van der Waals surface area contributed by atoms with Crippen LogP contribution in [-0.2, 0) is 10.0 Å². The summed E-state index contributed by atoms with van der Waals surface area (Å²) >= 11 is 0. The van der Waals surface area contributed by atoms with Gasteiger partial charge in [-0.15, -0.1) is 0 Å². The van der Waals surface area contributed by atoms with E-state index in [2.05, 4.69) is 0 Å². The lowest BCUT2D eigenvalue weighted by molar-refractivity contribution is 0.399. The summed E-state index contributed by atoms with van der Waals surface area (Å²) in [7, 11) is -3.77. The highest BCUT2D eigenvalue weighted by atomic mass is 32.2. The van der Waals surface area contributed by atoms with Gasteiger partial charge in [-0.2, -0.15) is 9.57 Å². The van der Waals surface area contributed by atoms with Gasteiger partial charge in [-0.25, -0.2) is 12.8 Å². The molecule has 0 amide bonds. The van der Waals surface area contributed by atoms with Crippen molar-refractivity contribution < 1.29 is 12.8 Å². The number of sulfonamides is 1. The summed E-state index contributed by atoms with van der Waals surface area (Å²) in [6.45, 7) is 5.30. The van der Waals surface area contributed by atoms with Crippen molar-refractivity contribution in [1.29, 1.82) is 5.26 Å². The summed E-state index contributed by atoms with van der Waals surface area (Å²) in [5, 5.41) is 8.78. The van der Waals surface area contributed by atoms with E-state index in [0.29, 0.717) is 5.56 Å². The standard InChI is InChI=1S/C13H17FN2O2S/c1-4-16(9-10(2)8-15)19(17,18)13-7-12(14)6-5-11(13)3/h5-7,10H,4,9H2,1-3H3. The topological polar surface area (TPSA) is 61.2 Å². The maximum absolute atomic E-state index is 13.2. The minimum absolute atomic E-state index is 0.0421. The molecule has 0 aliphatic heterocycles. The highest BCUT2D eigenvalue weighted by Crippen LogP contribution is 2.21. The minimum Gasteiger partial charge on any atom is -0.207 e. The second kappa shape index (κ2) is 6.13. The molecular weight excluding hydrogens is 267 g/mol. The highest BCUT2D eigenvalue weighted by Gasteiger charge is 2.26. The summed E-state index contributed by atoms with van der Waals surface area (Å²) in [5.74, 6) is -1.00. The summed E-state index contributed by atoms with van der Waals surface area (Å²) in [6, 6.07) is 5.68. The Morgan fingerprint density at radius 1 is 1.47 bits per heavy atom. The van der Waals surface area contributed by atoms with Gasteiger partial charge < -0.3 is 0 Å². The van der Waals surface area contributed by atoms with Gasteiger partial charge in [0.2, 0.25) is 10.0 Å². The van der Waals surface area contributed by atoms with Gasteiger partial charge in [-0.05, 0) is 31.5 Å². The van der Waals surface area contributed by atoms with E-state index < -0.39 is 21.8 Å². The first kappa shape index (κ1) is 15.6. The average Bonchev–Trinajstić information content (AvgIpc) is 2.37. The molecule has 6 heteroatoms. The zero-order chi connectivity index (χ0) is 14.6. The van der Waals surface area contributed by atoms with Crippen LogP contribution in [0.1, 0.15) is 19.4 Å². The zero-order valence-corrected chi connectivity index (χ0v) is 12.0. The van der Waals surface area contributed by atoms with Crippen LogP contribution in [0.2, 0.25) is 0 Å². The molecule has 0 N–H and O–H groups in total. The van der Waals surface area contributed by atoms with E-state index in [0.717, 1.165) is 6.07 Å². The van der Waals surface area contributed by atoms with Gasteiger partial charge in [-0.1, -0.05) is 13.0 Å². The number of hydrogen-bond acceptors (Lipinski definition) is 3. The molecule has 0 aliphatic rings. The Balaban J connectivity index is 3.21. The van der Waals surface area contributed by atoms with Crippen LogP contribution >= 0.6 is 0 Å². The van der Waals surface area contributed by atoms with Crippen LogP contribution in [0.15, 0.2) is 23.1 Å². The Bertz CT molecular complexity index is 593. The summed E-state index contributed by atoms with van der Waals surface area (Å²) in [6.07, 6.45) is 0. The quantitative estimate of drug-likeness (QED) is 0.833. The molecule has 0 aliphatic carbocycles. The number of nitrogens with zero attached hydrogens (tertiary/aromatic N) is 2. The Hall–Kier alpha value is -1.45. The van der Waals surface area contributed by atoms with Crippen LogP contribution in [0, 0.1) is 30.0 Å². The maximum atomic E-state index is 13.2. The number of benzene rings is 1. The largest absolute Gasteiger partial charge is 0.243 e. The van der Waals surface area contributed by atoms with Gasteiger partial charge in [0.25, 0.3) is 0 Å². The average molecular weight is 284 g/mol. The van der Waals surface area contributed by atoms with Crippen molar-refractivity contribution in [3.05, 3.63) is 29.6 Å². The highest BCUT2D eigenvalue weighted by molar-refractivity contribution is 7.89. The van der Waals surface area contributed by atoms with Gasteiger partial charge in [-0.3, -0.25) is 0 Å². The van der Waals surface area contributed by atoms with Crippen molar-refractivity contribution in [2.75, 3.05) is 13.1 Å². The molecule has 0 heterocycles. The number of aryl methyl sites for hydroxylation is 1. The Morgan fingerprint density at radius 3 is 2.63 bits per heavy atom. The molecule has 19 heavy (non-hydrogen) atoms. The molecule has 4 nitrogen and oxygen atoms in total. The molecule has 1 atom stereocenters. The molecule has 1 rings (SSSR count). The first-order valence-corrected chi connectivity index (χ1v) is 7.42. The fourth-order valence-electron chi connectivity index (χ4n) is 1.73. The van der Waals surface area contributed by atoms with Crippen molar-refractivity contribution in [3.8, 4) is 6.07 Å². The molecule has 0 bridgehead atoms. The smallest absolute Gasteiger partial charge is 0.207 e. The van der Waals surface area contributed by atoms with Gasteiger partial charge in [0.1, 0.15) is 5.82 Å². The normalized spacial score (nSPS) is 13.3. The third-order valence-corrected chi connectivity index (χ3v) is 4.90. The Kier molecular flexibility index (Phi) is 5.04. The molecule has 0 saturated carbocycles. The van der Waals surface area contributed by atoms with E-state index in [-0.39, 0.29) is 18.0 Å². The lowest BCUT2D eigenvalue weighted by atomic mass is 10.2. The van der Waals surface area contributed by atoms with E-state index in [4.69, 9.17) is 5.26 Å². The molecule has 104 valence electrons. The van der Waals surface area contributed by atoms with Crippen LogP contribution in [-0.4, -0.2) is 25.8 Å². The van der Waals surface area contributed by atoms with E-state index >= 15 is 0 Å². The van der Waals surface area contributed by atoms with Crippen LogP contribution in [0.25, 0.3) is 0 Å². The van der Waals surface area contributed by atoms with Crippen LogP contribution in [0.5, 0.6) is 0 Å². The minimum atomic E-state index is -3.77. The third-order valence-electron chi connectivity index (χ3n) is 2.82. The monoisotopic (exact) mass is 284 g/mol. The lowest BCUT2D eigenvalue weighted by Crippen LogP contribution is -2.34. The molecule has 0 saturated heterocycles. The zero-order valence-electron chi connectivity index (χ0n) is 11.2. The predicted molar refractivity (Wildman–Crippen MR) is 70.3 cm³/mol. The fraction of sp³-hybridized carbons (Fsp3) is 0.462. The maximum Gasteiger partial charge on any atom is 0.243 e. The predicted octanol–water partition coefficient (Wildman–Crippen LogP) is 2.30. The molecule has 1 aromatic carbocycles. The lowest BCUT2D eigenvalue weighted by Gasteiger charge is -2.22. The van der Waals surface area contributed by atoms with Crippen LogP contribution in [0.4, 0.5) is 4.39 Å². The van der Waals surface area contributed by atoms with E-state index in [1.165, 1.54) is 16.4 Å². The van der Waals surface area contributed by atoms with Gasteiger partial charge in [0, 0.05) is 13.1 Å². The molecule has 0 spiro atoms. The third kappa shape index (κ3) is 3.52. The van der Waals surface area contributed by atoms with Crippen molar-refractivity contribution in [2.45, 2.75) is 25.7 Å². The SMILES string of the molecule is CCN(CC(C)C#N)S(=O)(=O)c1cc(F)ccc1C. The molecule has 0 fully saturated rings. The van der Waals surface area contributed by atoms with Gasteiger partial charge in [0.15, 0.2) is 0 Å². The fourth-order valence-corrected chi connectivity index (χ4v) is 3.51. The molecule has 1 unspecified atom stereocenters. The number of nitriles is 1. The van der Waals surface area contributed by atoms with Crippen molar-refractivity contribution >= 4 is 10.0 Å². The number of halogens is 1. The molecule has 0 aromatic heterocycles. The van der Waals surface area contributed by atoms with E-state index in [1.54, 1.807) is 20.8 Å². The van der Waals surface area contributed by atoms with Crippen molar-refractivity contribution in [3.63, 3.8) is 0 Å². The van der Waals surface area contributed by atoms with E-state index in [1.807, 2.05) is 6.07 Å². The first-order chi connectivity index (χ1) is 8.82. The number of rotatable bonds is 5. The van der Waals surface area contributed by atoms with Crippen LogP contribution in [0.3, 0.4) is 0 Å². The Morgan fingerprint density at radius 2 is 2.11 bits per heavy atom. The summed E-state index contributed by atoms with van der Waals surface area (Å²) < 4.78 is 39.3. The molecular formula is C13H17FN2O2S. The molecule has 0 radical (unpaired) electrons. The molecule has 1 aromatic rings. The summed E-state index contributed by atoms with van der Waals surface area (Å²) in [5.41, 5.74) is 0.490. The van der Waals surface area contributed by atoms with Gasteiger partial charge >= 0.3 is 0 Å². The van der Waals surface area contributed by atoms with E-state index in [9.17, 15) is 12.8 Å². The van der Waals surface area contributed by atoms with Crippen LogP contribution < -0.4 is 0 Å². The Labute approximate surface area is 113 Å². The number of hydrogen-bond donors (Lipinski definition) is 0. The van der Waals surface area contributed by atoms with Crippen molar-refractivity contribution in [1.82, 2.24) is 4.31 Å². The second-order valence-electron chi connectivity index (χ2n) is 4.40. The van der Waals surface area contributed by atoms with Gasteiger partial charge in [0.05, 0.1) is 16.9 Å². The summed E-state index contributed by atoms with van der Waals surface area (Å²) in [4.78, 5) is -0.0421.